The lowest BCUT2D eigenvalue weighted by molar-refractivity contribution is -0.301. The molecule has 2 spiro atoms. The van der Waals surface area contributed by atoms with Gasteiger partial charge in [0.05, 0.1) is 39.6 Å². The summed E-state index contributed by atoms with van der Waals surface area (Å²) in [6, 6.07) is 18.1. The number of para-hydroxylation sites is 1. The largest absolute Gasteiger partial charge is 0.353 e. The van der Waals surface area contributed by atoms with Gasteiger partial charge in [-0.05, 0) is 118 Å². The van der Waals surface area contributed by atoms with Crippen LogP contribution in [0, 0.1) is 34.5 Å². The van der Waals surface area contributed by atoms with Crippen LogP contribution in [0.2, 0.25) is 0 Å². The molecule has 0 N–H and O–H groups in total. The van der Waals surface area contributed by atoms with Gasteiger partial charge in [0, 0.05) is 31.5 Å². The quantitative estimate of drug-likeness (QED) is 0.213. The average molecular weight is 814 g/mol. The number of aromatic nitrogens is 3. The molecule has 3 aromatic rings. The van der Waals surface area contributed by atoms with Crippen molar-refractivity contribution in [2.45, 2.75) is 139 Å². The van der Waals surface area contributed by atoms with Crippen LogP contribution in [0.1, 0.15) is 97.8 Å². The molecule has 0 amide bonds. The molecule has 2 saturated heterocycles. The SMILES string of the molecule is C[C@H](CS(=O)(=O)c1ccccc1)[C@H]1CC[C@@H]2[C@]1(C)CC[C@H]1[C@@]23C=C[C@]2(C[C@@H](OC4CCCCO4)C[C@H](OC4CCCCO4)[C@]12C)n1c(=O)n(-c2ccccc2)c(=O)n13. The molecule has 2 aromatic carbocycles. The van der Waals surface area contributed by atoms with Crippen LogP contribution >= 0.6 is 0 Å². The summed E-state index contributed by atoms with van der Waals surface area (Å²) in [6.07, 6.45) is 13.5. The third-order valence-electron chi connectivity index (χ3n) is 16.4. The van der Waals surface area contributed by atoms with Crippen molar-refractivity contribution in [2.24, 2.45) is 34.5 Å². The van der Waals surface area contributed by atoms with Gasteiger partial charge in [0.1, 0.15) is 0 Å². The van der Waals surface area contributed by atoms with Gasteiger partial charge in [-0.3, -0.25) is 0 Å². The van der Waals surface area contributed by atoms with E-state index in [1.54, 1.807) is 24.3 Å². The topological polar surface area (TPSA) is 120 Å². The Kier molecular flexibility index (Phi) is 9.48. The lowest BCUT2D eigenvalue weighted by Crippen LogP contribution is -2.79. The highest BCUT2D eigenvalue weighted by atomic mass is 32.2. The first kappa shape index (κ1) is 38.9. The predicted octanol–water partition coefficient (Wildman–Crippen LogP) is 6.95. The highest BCUT2D eigenvalue weighted by molar-refractivity contribution is 7.91. The molecule has 11 rings (SSSR count). The van der Waals surface area contributed by atoms with E-state index < -0.39 is 26.3 Å². The van der Waals surface area contributed by atoms with Crippen molar-refractivity contribution < 1.29 is 27.4 Å². The normalized spacial score (nSPS) is 39.7. The molecule has 3 saturated carbocycles. The number of nitrogens with zero attached hydrogens (tertiary/aromatic N) is 3. The number of allylic oxidation sites excluding steroid dienone is 2. The van der Waals surface area contributed by atoms with Crippen LogP contribution in [0.25, 0.3) is 5.69 Å². The van der Waals surface area contributed by atoms with Gasteiger partial charge in [-0.15, -0.1) is 0 Å². The number of fused-ring (bicyclic) bond motifs is 1. The summed E-state index contributed by atoms with van der Waals surface area (Å²) in [5.41, 5.74) is -2.82. The number of ether oxygens (including phenoxy) is 4. The van der Waals surface area contributed by atoms with Crippen molar-refractivity contribution >= 4 is 9.84 Å². The second-order valence-electron chi connectivity index (χ2n) is 19.1. The number of benzene rings is 2. The van der Waals surface area contributed by atoms with Crippen LogP contribution in [0.5, 0.6) is 0 Å². The second kappa shape index (κ2) is 14.1. The second-order valence-corrected chi connectivity index (χ2v) is 21.1. The summed E-state index contributed by atoms with van der Waals surface area (Å²) in [5, 5.41) is 0. The van der Waals surface area contributed by atoms with Gasteiger partial charge < -0.3 is 18.9 Å². The lowest BCUT2D eigenvalue weighted by atomic mass is 9.40. The molecule has 0 radical (unpaired) electrons. The van der Waals surface area contributed by atoms with Crippen molar-refractivity contribution in [1.29, 1.82) is 0 Å². The van der Waals surface area contributed by atoms with Crippen LogP contribution in [0.4, 0.5) is 0 Å². The Hall–Kier alpha value is -3.29. The highest BCUT2D eigenvalue weighted by Crippen LogP contribution is 2.74. The molecular weight excluding hydrogens is 755 g/mol. The third-order valence-corrected chi connectivity index (χ3v) is 18.3. The summed E-state index contributed by atoms with van der Waals surface area (Å²) in [5.74, 6) is -0.00997. The van der Waals surface area contributed by atoms with Crippen molar-refractivity contribution in [2.75, 3.05) is 19.0 Å². The summed E-state index contributed by atoms with van der Waals surface area (Å²) < 4.78 is 59.3. The van der Waals surface area contributed by atoms with Crippen LogP contribution in [-0.2, 0) is 39.9 Å². The van der Waals surface area contributed by atoms with Gasteiger partial charge in [0.15, 0.2) is 22.4 Å². The summed E-state index contributed by atoms with van der Waals surface area (Å²) in [6.45, 7) is 8.10. The molecule has 12 heteroatoms. The minimum absolute atomic E-state index is 0.0248. The Balaban J connectivity index is 1.13. The molecule has 2 bridgehead atoms. The van der Waals surface area contributed by atoms with Crippen LogP contribution in [0.15, 0.2) is 87.3 Å². The molecule has 4 aliphatic carbocycles. The Morgan fingerprint density at radius 3 is 2.10 bits per heavy atom. The minimum Gasteiger partial charge on any atom is -0.353 e. The molecule has 5 fully saturated rings. The maximum Gasteiger partial charge on any atom is 0.352 e. The van der Waals surface area contributed by atoms with E-state index in [1.165, 1.54) is 4.57 Å². The first-order valence-electron chi connectivity index (χ1n) is 22.0. The zero-order valence-corrected chi connectivity index (χ0v) is 35.0. The molecule has 312 valence electrons. The van der Waals surface area contributed by atoms with Gasteiger partial charge in [-0.2, -0.15) is 0 Å². The van der Waals surface area contributed by atoms with Gasteiger partial charge in [0.25, 0.3) is 0 Å². The lowest BCUT2D eigenvalue weighted by Gasteiger charge is -2.72. The number of sulfone groups is 1. The Morgan fingerprint density at radius 1 is 0.776 bits per heavy atom. The number of hydrogen-bond acceptors (Lipinski definition) is 8. The van der Waals surface area contributed by atoms with E-state index in [2.05, 4.69) is 32.9 Å². The van der Waals surface area contributed by atoms with Crippen LogP contribution < -0.4 is 11.4 Å². The van der Waals surface area contributed by atoms with Crippen LogP contribution in [-0.4, -0.2) is 66.1 Å². The fraction of sp³-hybridized carbons (Fsp3) is 0.652. The summed E-state index contributed by atoms with van der Waals surface area (Å²) in [7, 11) is -3.52. The standard InChI is InChI=1S/C46H59N3O8S/c1-31(30-58(52,53)34-16-8-5-9-17-34)35-20-21-36-43(35,2)23-22-37-44(3)38(57-40-19-11-13-27-55-40)28-33(56-39-18-10-12-26-54-39)29-45(44)24-25-46(36,37)49-42(51)47(41(50)48(45)49)32-14-6-4-7-15-32/h4-9,14-17,24-25,31,33,35-40H,10-13,18-23,26-30H2,1-3H3/t31-,33+,35-,36-,37-,38+,39?,40?,43-,44+,45-,46-/m1/s1. The van der Waals surface area contributed by atoms with E-state index in [4.69, 9.17) is 18.9 Å². The first-order chi connectivity index (χ1) is 27.9. The van der Waals surface area contributed by atoms with Crippen molar-refractivity contribution in [1.82, 2.24) is 13.9 Å². The Bertz CT molecular complexity index is 2280. The number of hydrogen-bond donors (Lipinski definition) is 0. The van der Waals surface area contributed by atoms with Crippen molar-refractivity contribution in [3.05, 3.63) is 93.8 Å². The molecule has 12 atom stereocenters. The minimum atomic E-state index is -3.52. The van der Waals surface area contributed by atoms with E-state index in [1.807, 2.05) is 45.8 Å². The Morgan fingerprint density at radius 2 is 1.43 bits per heavy atom. The maximum atomic E-state index is 15.4. The fourth-order valence-corrected chi connectivity index (χ4v) is 15.6. The van der Waals surface area contributed by atoms with Gasteiger partial charge >= 0.3 is 11.4 Å². The van der Waals surface area contributed by atoms with E-state index in [-0.39, 0.29) is 71.0 Å². The third kappa shape index (κ3) is 5.53. The first-order valence-corrected chi connectivity index (χ1v) is 23.6. The van der Waals surface area contributed by atoms with Crippen molar-refractivity contribution in [3.63, 3.8) is 0 Å². The van der Waals surface area contributed by atoms with E-state index in [9.17, 15) is 8.42 Å². The predicted molar refractivity (Wildman–Crippen MR) is 218 cm³/mol. The average Bonchev–Trinajstić information content (AvgIpc) is 3.74. The van der Waals surface area contributed by atoms with Gasteiger partial charge in [0.2, 0.25) is 0 Å². The van der Waals surface area contributed by atoms with Crippen LogP contribution in [0.3, 0.4) is 0 Å². The molecule has 4 aliphatic heterocycles. The molecule has 8 aliphatic rings. The molecule has 58 heavy (non-hydrogen) atoms. The maximum absolute atomic E-state index is 15.4. The van der Waals surface area contributed by atoms with Gasteiger partial charge in [-0.1, -0.05) is 69.3 Å². The fourth-order valence-electron chi connectivity index (χ4n) is 13.9. The summed E-state index contributed by atoms with van der Waals surface area (Å²) in [4.78, 5) is 31.1. The molecule has 11 nitrogen and oxygen atoms in total. The zero-order valence-electron chi connectivity index (χ0n) is 34.2. The zero-order chi connectivity index (χ0) is 40.1. The number of rotatable bonds is 9. The smallest absolute Gasteiger partial charge is 0.352 e. The molecule has 5 heterocycles. The molecule has 1 aromatic heterocycles. The highest BCUT2D eigenvalue weighted by Gasteiger charge is 2.77. The molecule has 2 unspecified atom stereocenters. The monoisotopic (exact) mass is 813 g/mol. The molecular formula is C46H59N3O8S. The Labute approximate surface area is 341 Å². The summed E-state index contributed by atoms with van der Waals surface area (Å²) >= 11 is 0. The van der Waals surface area contributed by atoms with Crippen molar-refractivity contribution in [3.8, 4) is 5.69 Å². The van der Waals surface area contributed by atoms with E-state index in [0.717, 1.165) is 64.2 Å². The van der Waals surface area contributed by atoms with E-state index >= 15 is 9.59 Å². The van der Waals surface area contributed by atoms with Gasteiger partial charge in [-0.25, -0.2) is 31.9 Å². The van der Waals surface area contributed by atoms with E-state index in [0.29, 0.717) is 36.6 Å².